The molecule has 1 unspecified atom stereocenters. The smallest absolute Gasteiger partial charge is 0.00675 e. The molecule has 0 aliphatic heterocycles. The van der Waals surface area contributed by atoms with Crippen molar-refractivity contribution in [2.24, 2.45) is 0 Å². The molecule has 0 radical (unpaired) electrons. The Morgan fingerprint density at radius 3 is 2.42 bits per heavy atom. The van der Waals surface area contributed by atoms with Gasteiger partial charge in [0.05, 0.1) is 0 Å². The first-order valence-electron chi connectivity index (χ1n) is 8.06. The molecule has 1 rings (SSSR count). The quantitative estimate of drug-likeness (QED) is 0.505. The van der Waals surface area contributed by atoms with Gasteiger partial charge in [-0.3, -0.25) is 0 Å². The summed E-state index contributed by atoms with van der Waals surface area (Å²) in [7, 11) is 2.11. The monoisotopic (exact) mass is 281 g/mol. The maximum Gasteiger partial charge on any atom is 0.00675 e. The van der Waals surface area contributed by atoms with Crippen molar-refractivity contribution < 1.29 is 0 Å². The predicted molar refractivity (Wildman–Crippen MR) is 88.1 cm³/mol. The molecule has 0 aromatic carbocycles. The molecule has 0 fully saturated rings. The summed E-state index contributed by atoms with van der Waals surface area (Å²) in [6, 6.07) is 5.12. The molecule has 0 saturated carbocycles. The second-order valence-electron chi connectivity index (χ2n) is 5.51. The van der Waals surface area contributed by atoms with E-state index in [-0.39, 0.29) is 0 Å². The zero-order valence-corrected chi connectivity index (χ0v) is 13.6. The average molecular weight is 282 g/mol. The zero-order valence-electron chi connectivity index (χ0n) is 12.8. The third kappa shape index (κ3) is 8.43. The van der Waals surface area contributed by atoms with Crippen LogP contribution < -0.4 is 5.32 Å². The van der Waals surface area contributed by atoms with E-state index in [1.807, 2.05) is 11.3 Å². The van der Waals surface area contributed by atoms with Gasteiger partial charge in [0, 0.05) is 10.9 Å². The Labute approximate surface area is 123 Å². The standard InChI is InChI=1S/C17H31NS/c1-3-4-5-6-7-8-9-11-16(18-2)13-14-17-12-10-15-19-17/h10,12,15-16,18H,3-9,11,13-14H2,1-2H3. The van der Waals surface area contributed by atoms with E-state index in [1.165, 1.54) is 69.1 Å². The van der Waals surface area contributed by atoms with Gasteiger partial charge in [-0.15, -0.1) is 11.3 Å². The maximum atomic E-state index is 3.48. The topological polar surface area (TPSA) is 12.0 Å². The minimum atomic E-state index is 0.706. The molecular weight excluding hydrogens is 250 g/mol. The Balaban J connectivity index is 1.99. The fourth-order valence-electron chi connectivity index (χ4n) is 2.55. The second kappa shape index (κ2) is 11.5. The molecule has 0 aliphatic rings. The molecule has 1 N–H and O–H groups in total. The predicted octanol–water partition coefficient (Wildman–Crippen LogP) is 5.41. The fourth-order valence-corrected chi connectivity index (χ4v) is 3.28. The molecular formula is C17H31NS. The first kappa shape index (κ1) is 16.7. The van der Waals surface area contributed by atoms with Crippen LogP contribution in [0.15, 0.2) is 17.5 Å². The molecule has 1 nitrogen and oxygen atoms in total. The lowest BCUT2D eigenvalue weighted by molar-refractivity contribution is 0.458. The van der Waals surface area contributed by atoms with Gasteiger partial charge in [0.2, 0.25) is 0 Å². The summed E-state index contributed by atoms with van der Waals surface area (Å²) in [5.74, 6) is 0. The summed E-state index contributed by atoms with van der Waals surface area (Å²) >= 11 is 1.89. The SMILES string of the molecule is CCCCCCCCCC(CCc1cccs1)NC. The van der Waals surface area contributed by atoms with Crippen LogP contribution in [0, 0.1) is 0 Å². The summed E-state index contributed by atoms with van der Waals surface area (Å²) in [5.41, 5.74) is 0. The minimum absolute atomic E-state index is 0.706. The van der Waals surface area contributed by atoms with Crippen molar-refractivity contribution in [3.63, 3.8) is 0 Å². The highest BCUT2D eigenvalue weighted by molar-refractivity contribution is 7.09. The van der Waals surface area contributed by atoms with Crippen molar-refractivity contribution in [3.05, 3.63) is 22.4 Å². The Morgan fingerprint density at radius 2 is 1.79 bits per heavy atom. The fraction of sp³-hybridized carbons (Fsp3) is 0.765. The molecule has 0 amide bonds. The van der Waals surface area contributed by atoms with E-state index >= 15 is 0 Å². The third-order valence-electron chi connectivity index (χ3n) is 3.88. The summed E-state index contributed by atoms with van der Waals surface area (Å²) in [5, 5.41) is 5.66. The Kier molecular flexibility index (Phi) is 10.1. The highest BCUT2D eigenvalue weighted by Crippen LogP contribution is 2.15. The van der Waals surface area contributed by atoms with Gasteiger partial charge >= 0.3 is 0 Å². The Bertz CT molecular complexity index is 281. The molecule has 0 spiro atoms. The van der Waals surface area contributed by atoms with E-state index < -0.39 is 0 Å². The summed E-state index contributed by atoms with van der Waals surface area (Å²) in [4.78, 5) is 1.53. The largest absolute Gasteiger partial charge is 0.317 e. The summed E-state index contributed by atoms with van der Waals surface area (Å²) in [6.45, 7) is 2.28. The Morgan fingerprint density at radius 1 is 1.05 bits per heavy atom. The number of unbranched alkanes of at least 4 members (excludes halogenated alkanes) is 6. The van der Waals surface area contributed by atoms with E-state index in [9.17, 15) is 0 Å². The lowest BCUT2D eigenvalue weighted by Gasteiger charge is -2.15. The molecule has 110 valence electrons. The zero-order chi connectivity index (χ0) is 13.8. The van der Waals surface area contributed by atoms with Crippen LogP contribution in [0.3, 0.4) is 0 Å². The molecule has 0 bridgehead atoms. The molecule has 0 saturated heterocycles. The van der Waals surface area contributed by atoms with E-state index in [2.05, 4.69) is 36.8 Å². The number of thiophene rings is 1. The van der Waals surface area contributed by atoms with Gasteiger partial charge in [0.15, 0.2) is 0 Å². The Hall–Kier alpha value is -0.340. The van der Waals surface area contributed by atoms with Gasteiger partial charge in [0.25, 0.3) is 0 Å². The van der Waals surface area contributed by atoms with Crippen molar-refractivity contribution in [2.75, 3.05) is 7.05 Å². The van der Waals surface area contributed by atoms with Crippen LogP contribution in [0.25, 0.3) is 0 Å². The third-order valence-corrected chi connectivity index (χ3v) is 4.82. The van der Waals surface area contributed by atoms with Crippen LogP contribution >= 0.6 is 11.3 Å². The summed E-state index contributed by atoms with van der Waals surface area (Å²) < 4.78 is 0. The first-order chi connectivity index (χ1) is 9.36. The second-order valence-corrected chi connectivity index (χ2v) is 6.55. The minimum Gasteiger partial charge on any atom is -0.317 e. The number of aryl methyl sites for hydroxylation is 1. The van der Waals surface area contributed by atoms with Crippen LogP contribution in [-0.2, 0) is 6.42 Å². The van der Waals surface area contributed by atoms with Gasteiger partial charge in [-0.25, -0.2) is 0 Å². The summed E-state index contributed by atoms with van der Waals surface area (Å²) in [6.07, 6.45) is 13.7. The molecule has 1 aromatic rings. The van der Waals surface area contributed by atoms with Gasteiger partial charge < -0.3 is 5.32 Å². The lowest BCUT2D eigenvalue weighted by Crippen LogP contribution is -2.25. The maximum absolute atomic E-state index is 3.48. The highest BCUT2D eigenvalue weighted by Gasteiger charge is 2.06. The normalized spacial score (nSPS) is 12.7. The number of hydrogen-bond donors (Lipinski definition) is 1. The van der Waals surface area contributed by atoms with Crippen LogP contribution in [-0.4, -0.2) is 13.1 Å². The van der Waals surface area contributed by atoms with E-state index in [0.717, 1.165) is 0 Å². The van der Waals surface area contributed by atoms with E-state index in [4.69, 9.17) is 0 Å². The van der Waals surface area contributed by atoms with Crippen LogP contribution in [0.1, 0.15) is 69.6 Å². The van der Waals surface area contributed by atoms with Crippen molar-refractivity contribution in [1.82, 2.24) is 5.32 Å². The number of nitrogens with one attached hydrogen (secondary N) is 1. The molecule has 0 aliphatic carbocycles. The van der Waals surface area contributed by atoms with Crippen LogP contribution in [0.5, 0.6) is 0 Å². The first-order valence-corrected chi connectivity index (χ1v) is 8.94. The highest BCUT2D eigenvalue weighted by atomic mass is 32.1. The molecule has 1 heterocycles. The van der Waals surface area contributed by atoms with Crippen molar-refractivity contribution in [3.8, 4) is 0 Å². The number of hydrogen-bond acceptors (Lipinski definition) is 2. The molecule has 2 heteroatoms. The van der Waals surface area contributed by atoms with Crippen LogP contribution in [0.2, 0.25) is 0 Å². The van der Waals surface area contributed by atoms with Gasteiger partial charge in [-0.05, 0) is 37.8 Å². The van der Waals surface area contributed by atoms with E-state index in [1.54, 1.807) is 0 Å². The van der Waals surface area contributed by atoms with Crippen LogP contribution in [0.4, 0.5) is 0 Å². The molecule has 1 atom stereocenters. The van der Waals surface area contributed by atoms with Gasteiger partial charge in [-0.2, -0.15) is 0 Å². The van der Waals surface area contributed by atoms with E-state index in [0.29, 0.717) is 6.04 Å². The molecule has 19 heavy (non-hydrogen) atoms. The average Bonchev–Trinajstić information content (AvgIpc) is 2.94. The van der Waals surface area contributed by atoms with Crippen molar-refractivity contribution in [2.45, 2.75) is 77.2 Å². The van der Waals surface area contributed by atoms with Crippen molar-refractivity contribution in [1.29, 1.82) is 0 Å². The van der Waals surface area contributed by atoms with Crippen molar-refractivity contribution >= 4 is 11.3 Å². The molecule has 1 aromatic heterocycles. The lowest BCUT2D eigenvalue weighted by atomic mass is 10.0. The van der Waals surface area contributed by atoms with Gasteiger partial charge in [-0.1, -0.05) is 57.9 Å². The number of rotatable bonds is 12. The van der Waals surface area contributed by atoms with Gasteiger partial charge in [0.1, 0.15) is 0 Å².